The molecule has 1 saturated heterocycles. The van der Waals surface area contributed by atoms with E-state index in [0.29, 0.717) is 47.4 Å². The van der Waals surface area contributed by atoms with Gasteiger partial charge >= 0.3 is 6.03 Å². The van der Waals surface area contributed by atoms with Crippen LogP contribution in [0.1, 0.15) is 23.3 Å². The normalized spacial score (nSPS) is 14.8. The number of aromatic nitrogens is 1. The number of halogens is 2. The lowest BCUT2D eigenvalue weighted by molar-refractivity contribution is 0.0704. The molecule has 150 valence electrons. The Balaban J connectivity index is 1.30. The third kappa shape index (κ3) is 4.66. The number of nitrogens with one attached hydrogen (secondary N) is 3. The van der Waals surface area contributed by atoms with Crippen LogP contribution in [0.3, 0.4) is 0 Å². The summed E-state index contributed by atoms with van der Waals surface area (Å²) in [6.45, 7) is 1.17. The quantitative estimate of drug-likeness (QED) is 0.552. The lowest BCUT2D eigenvalue weighted by Gasteiger charge is -2.32. The van der Waals surface area contributed by atoms with Crippen LogP contribution < -0.4 is 10.6 Å². The van der Waals surface area contributed by atoms with Crippen molar-refractivity contribution in [3.8, 4) is 0 Å². The third-order valence-electron chi connectivity index (χ3n) is 5.03. The van der Waals surface area contributed by atoms with Crippen LogP contribution in [0.2, 0.25) is 10.0 Å². The van der Waals surface area contributed by atoms with Crippen molar-refractivity contribution >= 4 is 51.7 Å². The number of amides is 3. The summed E-state index contributed by atoms with van der Waals surface area (Å²) in [5.74, 6) is -0.0404. The predicted molar refractivity (Wildman–Crippen MR) is 116 cm³/mol. The Morgan fingerprint density at radius 1 is 0.966 bits per heavy atom. The topological polar surface area (TPSA) is 77.2 Å². The number of likely N-dealkylation sites (tertiary alicyclic amines) is 1. The average Bonchev–Trinajstić information content (AvgIpc) is 3.13. The molecule has 1 fully saturated rings. The molecule has 0 spiro atoms. The van der Waals surface area contributed by atoms with Gasteiger partial charge in [-0.1, -0.05) is 23.2 Å². The molecule has 3 aromatic rings. The van der Waals surface area contributed by atoms with Crippen LogP contribution in [0, 0.1) is 0 Å². The number of anilines is 1. The van der Waals surface area contributed by atoms with E-state index in [1.54, 1.807) is 30.3 Å². The van der Waals surface area contributed by atoms with E-state index in [1.807, 2.05) is 23.1 Å². The highest BCUT2D eigenvalue weighted by Gasteiger charge is 2.25. The fourth-order valence-corrected chi connectivity index (χ4v) is 3.81. The standard InChI is InChI=1S/C21H20Cl2N4O2/c22-14-1-4-16(5-2-14)24-21(29)25-17-7-9-27(10-8-17)20(28)19-12-13-11-15(23)3-6-18(13)26-19/h1-6,11-12,17,26H,7-10H2,(H2,24,25,29). The Morgan fingerprint density at radius 2 is 1.66 bits per heavy atom. The molecular formula is C21H20Cl2N4O2. The van der Waals surface area contributed by atoms with Gasteiger partial charge in [0.25, 0.3) is 5.91 Å². The molecule has 0 aliphatic carbocycles. The van der Waals surface area contributed by atoms with Crippen molar-refractivity contribution in [1.29, 1.82) is 0 Å². The Kier molecular flexibility index (Phi) is 5.65. The van der Waals surface area contributed by atoms with Gasteiger partial charge in [-0.2, -0.15) is 0 Å². The van der Waals surface area contributed by atoms with Gasteiger partial charge in [0.15, 0.2) is 0 Å². The maximum Gasteiger partial charge on any atom is 0.319 e. The Morgan fingerprint density at radius 3 is 2.38 bits per heavy atom. The smallest absolute Gasteiger partial charge is 0.319 e. The van der Waals surface area contributed by atoms with Gasteiger partial charge < -0.3 is 20.5 Å². The third-order valence-corrected chi connectivity index (χ3v) is 5.52. The molecule has 1 aromatic heterocycles. The van der Waals surface area contributed by atoms with E-state index in [0.717, 1.165) is 10.9 Å². The first-order valence-corrected chi connectivity index (χ1v) is 10.1. The van der Waals surface area contributed by atoms with Gasteiger partial charge in [-0.15, -0.1) is 0 Å². The minimum absolute atomic E-state index is 0.0212. The summed E-state index contributed by atoms with van der Waals surface area (Å²) < 4.78 is 0. The summed E-state index contributed by atoms with van der Waals surface area (Å²) in [6, 6.07) is 14.0. The van der Waals surface area contributed by atoms with Gasteiger partial charge in [0.2, 0.25) is 0 Å². The minimum Gasteiger partial charge on any atom is -0.351 e. The number of urea groups is 1. The molecule has 6 nitrogen and oxygen atoms in total. The molecule has 8 heteroatoms. The maximum atomic E-state index is 12.8. The lowest BCUT2D eigenvalue weighted by atomic mass is 10.0. The fraction of sp³-hybridized carbons (Fsp3) is 0.238. The largest absolute Gasteiger partial charge is 0.351 e. The van der Waals surface area contributed by atoms with Gasteiger partial charge in [-0.25, -0.2) is 4.79 Å². The van der Waals surface area contributed by atoms with Gasteiger partial charge in [-0.3, -0.25) is 4.79 Å². The summed E-state index contributed by atoms with van der Waals surface area (Å²) in [5, 5.41) is 7.92. The number of hydrogen-bond donors (Lipinski definition) is 3. The van der Waals surface area contributed by atoms with Crippen LogP contribution in [0.5, 0.6) is 0 Å². The summed E-state index contributed by atoms with van der Waals surface area (Å²) in [5.41, 5.74) is 2.11. The van der Waals surface area contributed by atoms with Crippen molar-refractivity contribution < 1.29 is 9.59 Å². The number of carbonyl (C=O) groups excluding carboxylic acids is 2. The first-order chi connectivity index (χ1) is 14.0. The molecule has 1 aliphatic rings. The molecule has 3 N–H and O–H groups in total. The summed E-state index contributed by atoms with van der Waals surface area (Å²) >= 11 is 11.9. The van der Waals surface area contributed by atoms with Crippen LogP contribution >= 0.6 is 23.2 Å². The molecule has 0 saturated carbocycles. The van der Waals surface area contributed by atoms with E-state index < -0.39 is 0 Å². The second-order valence-electron chi connectivity index (χ2n) is 7.09. The summed E-state index contributed by atoms with van der Waals surface area (Å²) in [4.78, 5) is 29.9. The van der Waals surface area contributed by atoms with Crippen molar-refractivity contribution in [2.75, 3.05) is 18.4 Å². The van der Waals surface area contributed by atoms with E-state index >= 15 is 0 Å². The molecule has 29 heavy (non-hydrogen) atoms. The highest BCUT2D eigenvalue weighted by molar-refractivity contribution is 6.31. The molecule has 0 unspecified atom stereocenters. The van der Waals surface area contributed by atoms with Crippen LogP contribution in [0.4, 0.5) is 10.5 Å². The number of piperidine rings is 1. The number of nitrogens with zero attached hydrogens (tertiary/aromatic N) is 1. The maximum absolute atomic E-state index is 12.8. The first-order valence-electron chi connectivity index (χ1n) is 9.38. The van der Waals surface area contributed by atoms with Crippen LogP contribution in [-0.2, 0) is 0 Å². The summed E-state index contributed by atoms with van der Waals surface area (Å²) in [7, 11) is 0. The van der Waals surface area contributed by atoms with E-state index in [2.05, 4.69) is 15.6 Å². The molecule has 3 amide bonds. The Bertz CT molecular complexity index is 1040. The average molecular weight is 431 g/mol. The zero-order chi connectivity index (χ0) is 20.4. The minimum atomic E-state index is -0.260. The molecule has 2 heterocycles. The van der Waals surface area contributed by atoms with E-state index in [9.17, 15) is 9.59 Å². The van der Waals surface area contributed by atoms with E-state index in [-0.39, 0.29) is 18.0 Å². The highest BCUT2D eigenvalue weighted by Crippen LogP contribution is 2.22. The molecule has 0 bridgehead atoms. The number of aromatic amines is 1. The fourth-order valence-electron chi connectivity index (χ4n) is 3.50. The monoisotopic (exact) mass is 430 g/mol. The van der Waals surface area contributed by atoms with Crippen molar-refractivity contribution in [3.63, 3.8) is 0 Å². The van der Waals surface area contributed by atoms with Crippen molar-refractivity contribution in [1.82, 2.24) is 15.2 Å². The molecule has 0 atom stereocenters. The van der Waals surface area contributed by atoms with E-state index in [4.69, 9.17) is 23.2 Å². The molecule has 1 aliphatic heterocycles. The first kappa shape index (κ1) is 19.6. The van der Waals surface area contributed by atoms with Crippen molar-refractivity contribution in [2.24, 2.45) is 0 Å². The van der Waals surface area contributed by atoms with Gasteiger partial charge in [0.1, 0.15) is 5.69 Å². The SMILES string of the molecule is O=C(Nc1ccc(Cl)cc1)NC1CCN(C(=O)c2cc3cc(Cl)ccc3[nH]2)CC1. The van der Waals surface area contributed by atoms with Gasteiger partial charge in [0.05, 0.1) is 0 Å². The zero-order valence-corrected chi connectivity index (χ0v) is 17.1. The number of H-pyrrole nitrogens is 1. The van der Waals surface area contributed by atoms with Crippen LogP contribution in [0.25, 0.3) is 10.9 Å². The summed E-state index contributed by atoms with van der Waals surface area (Å²) in [6.07, 6.45) is 1.40. The molecule has 4 rings (SSSR count). The predicted octanol–water partition coefficient (Wildman–Crippen LogP) is 4.90. The lowest BCUT2D eigenvalue weighted by Crippen LogP contribution is -2.47. The number of hydrogen-bond acceptors (Lipinski definition) is 2. The van der Waals surface area contributed by atoms with Crippen molar-refractivity contribution in [2.45, 2.75) is 18.9 Å². The molecular weight excluding hydrogens is 411 g/mol. The van der Waals surface area contributed by atoms with Crippen LogP contribution in [-0.4, -0.2) is 41.0 Å². The highest BCUT2D eigenvalue weighted by atomic mass is 35.5. The van der Waals surface area contributed by atoms with Gasteiger partial charge in [0, 0.05) is 45.8 Å². The van der Waals surface area contributed by atoms with Crippen LogP contribution in [0.15, 0.2) is 48.5 Å². The molecule has 2 aromatic carbocycles. The number of fused-ring (bicyclic) bond motifs is 1. The van der Waals surface area contributed by atoms with E-state index in [1.165, 1.54) is 0 Å². The number of rotatable bonds is 3. The van der Waals surface area contributed by atoms with Crippen molar-refractivity contribution in [3.05, 3.63) is 64.3 Å². The Hall–Kier alpha value is -2.70. The number of carbonyl (C=O) groups is 2. The molecule has 0 radical (unpaired) electrons. The second-order valence-corrected chi connectivity index (χ2v) is 7.96. The van der Waals surface area contributed by atoms with Gasteiger partial charge in [-0.05, 0) is 61.4 Å². The second kappa shape index (κ2) is 8.35. The zero-order valence-electron chi connectivity index (χ0n) is 15.5. The Labute approximate surface area is 178 Å². The number of benzene rings is 2.